The number of guanidine groups is 1. The van der Waals surface area contributed by atoms with Crippen LogP contribution in [0.2, 0.25) is 0 Å². The monoisotopic (exact) mass is 388 g/mol. The predicted molar refractivity (Wildman–Crippen MR) is 106 cm³/mol. The molecule has 0 spiro atoms. The second-order valence-electron chi connectivity index (χ2n) is 7.86. The highest BCUT2D eigenvalue weighted by atomic mass is 19.1. The molecule has 2 heterocycles. The van der Waals surface area contributed by atoms with E-state index in [4.69, 9.17) is 4.74 Å². The van der Waals surface area contributed by atoms with Crippen LogP contribution >= 0.6 is 0 Å². The van der Waals surface area contributed by atoms with Crippen LogP contribution in [-0.4, -0.2) is 74.1 Å². The van der Waals surface area contributed by atoms with E-state index in [9.17, 15) is 9.18 Å². The summed E-state index contributed by atoms with van der Waals surface area (Å²) in [5.74, 6) is 1.31. The first-order valence-corrected chi connectivity index (χ1v) is 10.3. The fourth-order valence-electron chi connectivity index (χ4n) is 4.32. The normalized spacial score (nSPS) is 26.3. The topological polar surface area (TPSA) is 57.2 Å². The number of aliphatic imine (C=N–C) groups is 1. The summed E-state index contributed by atoms with van der Waals surface area (Å²) >= 11 is 0. The molecular weight excluding hydrogens is 359 g/mol. The van der Waals surface area contributed by atoms with Crippen LogP contribution < -0.4 is 5.32 Å². The molecule has 1 amide bonds. The molecule has 3 fully saturated rings. The summed E-state index contributed by atoms with van der Waals surface area (Å²) in [6, 6.07) is 7.23. The van der Waals surface area contributed by atoms with Gasteiger partial charge in [0.05, 0.1) is 13.2 Å². The summed E-state index contributed by atoms with van der Waals surface area (Å²) in [6.45, 7) is 4.34. The van der Waals surface area contributed by atoms with E-state index in [0.29, 0.717) is 26.3 Å². The van der Waals surface area contributed by atoms with Crippen molar-refractivity contribution >= 4 is 11.9 Å². The van der Waals surface area contributed by atoms with Gasteiger partial charge >= 0.3 is 0 Å². The van der Waals surface area contributed by atoms with Gasteiger partial charge in [0.25, 0.3) is 0 Å². The van der Waals surface area contributed by atoms with Crippen LogP contribution in [0.1, 0.15) is 30.7 Å². The number of ether oxygens (including phenoxy) is 1. The third-order valence-electron chi connectivity index (χ3n) is 6.09. The molecule has 2 saturated heterocycles. The number of rotatable bonds is 3. The molecule has 3 aliphatic rings. The van der Waals surface area contributed by atoms with Crippen molar-refractivity contribution in [3.8, 4) is 0 Å². The van der Waals surface area contributed by atoms with Gasteiger partial charge in [-0.15, -0.1) is 0 Å². The first kappa shape index (κ1) is 19.2. The van der Waals surface area contributed by atoms with E-state index in [2.05, 4.69) is 15.2 Å². The van der Waals surface area contributed by atoms with Gasteiger partial charge in [-0.2, -0.15) is 0 Å². The first-order valence-electron chi connectivity index (χ1n) is 10.3. The number of carbonyl (C=O) groups is 1. The Morgan fingerprint density at radius 3 is 2.54 bits per heavy atom. The fraction of sp³-hybridized carbons (Fsp3) is 0.619. The average molecular weight is 388 g/mol. The molecule has 2 unspecified atom stereocenters. The van der Waals surface area contributed by atoms with Crippen LogP contribution in [0.25, 0.3) is 0 Å². The number of benzene rings is 1. The molecule has 0 aromatic heterocycles. The van der Waals surface area contributed by atoms with Gasteiger partial charge < -0.3 is 19.9 Å². The average Bonchev–Trinajstić information content (AvgIpc) is 3.51. The van der Waals surface area contributed by atoms with Gasteiger partial charge in [0.15, 0.2) is 5.96 Å². The van der Waals surface area contributed by atoms with E-state index in [0.717, 1.165) is 43.9 Å². The van der Waals surface area contributed by atoms with Crippen LogP contribution in [0.4, 0.5) is 4.39 Å². The number of piperidine rings is 1. The number of morpholine rings is 1. The summed E-state index contributed by atoms with van der Waals surface area (Å²) < 4.78 is 19.3. The Kier molecular flexibility index (Phi) is 5.80. The minimum atomic E-state index is -0.130. The van der Waals surface area contributed by atoms with Gasteiger partial charge in [-0.1, -0.05) is 18.2 Å². The van der Waals surface area contributed by atoms with Crippen molar-refractivity contribution in [2.24, 2.45) is 10.9 Å². The lowest BCUT2D eigenvalue weighted by Crippen LogP contribution is -2.50. The van der Waals surface area contributed by atoms with E-state index >= 15 is 0 Å². The molecule has 1 N–H and O–H groups in total. The van der Waals surface area contributed by atoms with Crippen LogP contribution in [0, 0.1) is 11.7 Å². The summed E-state index contributed by atoms with van der Waals surface area (Å²) in [4.78, 5) is 21.3. The van der Waals surface area contributed by atoms with Gasteiger partial charge in [-0.3, -0.25) is 9.79 Å². The lowest BCUT2D eigenvalue weighted by molar-refractivity contribution is -0.140. The maximum absolute atomic E-state index is 14.0. The Morgan fingerprint density at radius 1 is 1.14 bits per heavy atom. The number of hydrogen-bond donors (Lipinski definition) is 1. The van der Waals surface area contributed by atoms with Gasteiger partial charge in [0, 0.05) is 51.1 Å². The van der Waals surface area contributed by atoms with Gasteiger partial charge in [0.2, 0.25) is 5.91 Å². The van der Waals surface area contributed by atoms with E-state index in [-0.39, 0.29) is 29.6 Å². The Balaban J connectivity index is 1.28. The Hall–Kier alpha value is -2.15. The lowest BCUT2D eigenvalue weighted by atomic mass is 9.95. The molecule has 1 aromatic carbocycles. The van der Waals surface area contributed by atoms with Crippen LogP contribution in [0.15, 0.2) is 29.3 Å². The Bertz CT molecular complexity index is 727. The molecule has 6 nitrogen and oxygen atoms in total. The molecule has 28 heavy (non-hydrogen) atoms. The number of nitrogens with one attached hydrogen (secondary N) is 1. The van der Waals surface area contributed by atoms with Gasteiger partial charge in [0.1, 0.15) is 5.82 Å². The zero-order valence-electron chi connectivity index (χ0n) is 16.4. The number of carbonyl (C=O) groups excluding carboxylic acids is 1. The third kappa shape index (κ3) is 4.14. The zero-order valence-corrected chi connectivity index (χ0v) is 16.4. The highest BCUT2D eigenvalue weighted by Gasteiger charge is 2.41. The maximum Gasteiger partial charge on any atom is 0.225 e. The molecule has 2 aliphatic heterocycles. The summed E-state index contributed by atoms with van der Waals surface area (Å²) in [5, 5.41) is 3.49. The number of amides is 1. The molecular formula is C21H29FN4O2. The summed E-state index contributed by atoms with van der Waals surface area (Å²) in [5.41, 5.74) is 0.783. The minimum Gasteiger partial charge on any atom is -0.378 e. The zero-order chi connectivity index (χ0) is 19.5. The lowest BCUT2D eigenvalue weighted by Gasteiger charge is -2.36. The standard InChI is InChI=1S/C21H29FN4O2/c1-23-21(24-19-14-17(19)16-4-2-3-5-18(16)22)26-8-6-15(7-9-26)20(27)25-10-12-28-13-11-25/h2-5,15,17,19H,6-14H2,1H3,(H,23,24). The Labute approximate surface area is 165 Å². The summed E-state index contributed by atoms with van der Waals surface area (Å²) in [7, 11) is 1.79. The molecule has 1 aromatic rings. The van der Waals surface area contributed by atoms with E-state index in [1.54, 1.807) is 13.1 Å². The van der Waals surface area contributed by atoms with Crippen molar-refractivity contribution in [3.05, 3.63) is 35.6 Å². The van der Waals surface area contributed by atoms with Crippen LogP contribution in [0.5, 0.6) is 0 Å². The maximum atomic E-state index is 14.0. The van der Waals surface area contributed by atoms with Crippen molar-refractivity contribution in [2.45, 2.75) is 31.2 Å². The molecule has 4 rings (SSSR count). The number of hydrogen-bond acceptors (Lipinski definition) is 3. The summed E-state index contributed by atoms with van der Waals surface area (Å²) in [6.07, 6.45) is 2.61. The highest BCUT2D eigenvalue weighted by molar-refractivity contribution is 5.82. The Morgan fingerprint density at radius 2 is 1.86 bits per heavy atom. The highest BCUT2D eigenvalue weighted by Crippen LogP contribution is 2.42. The molecule has 7 heteroatoms. The molecule has 1 aliphatic carbocycles. The fourth-order valence-corrected chi connectivity index (χ4v) is 4.32. The molecule has 152 valence electrons. The van der Waals surface area contributed by atoms with Crippen LogP contribution in [-0.2, 0) is 9.53 Å². The van der Waals surface area contributed by atoms with E-state index in [1.807, 2.05) is 17.0 Å². The second-order valence-corrected chi connectivity index (χ2v) is 7.86. The van der Waals surface area contributed by atoms with Gasteiger partial charge in [-0.25, -0.2) is 4.39 Å². The predicted octanol–water partition coefficient (Wildman–Crippen LogP) is 1.83. The van der Waals surface area contributed by atoms with Crippen molar-refractivity contribution in [1.29, 1.82) is 0 Å². The molecule has 2 atom stereocenters. The van der Waals surface area contributed by atoms with Gasteiger partial charge in [-0.05, 0) is 30.9 Å². The van der Waals surface area contributed by atoms with Crippen molar-refractivity contribution < 1.29 is 13.9 Å². The first-order chi connectivity index (χ1) is 13.7. The van der Waals surface area contributed by atoms with Crippen molar-refractivity contribution in [3.63, 3.8) is 0 Å². The van der Waals surface area contributed by atoms with E-state index < -0.39 is 0 Å². The SMILES string of the molecule is CN=C(NC1CC1c1ccccc1F)N1CCC(C(=O)N2CCOCC2)CC1. The number of nitrogens with zero attached hydrogens (tertiary/aromatic N) is 3. The van der Waals surface area contributed by atoms with Crippen LogP contribution in [0.3, 0.4) is 0 Å². The second kappa shape index (κ2) is 8.47. The third-order valence-corrected chi connectivity index (χ3v) is 6.09. The molecule has 0 bridgehead atoms. The minimum absolute atomic E-state index is 0.0968. The number of halogens is 1. The molecule has 1 saturated carbocycles. The van der Waals surface area contributed by atoms with Crippen molar-refractivity contribution in [1.82, 2.24) is 15.1 Å². The molecule has 0 radical (unpaired) electrons. The van der Waals surface area contributed by atoms with Crippen molar-refractivity contribution in [2.75, 3.05) is 46.4 Å². The number of likely N-dealkylation sites (tertiary alicyclic amines) is 1. The van der Waals surface area contributed by atoms with E-state index in [1.165, 1.54) is 6.07 Å². The smallest absolute Gasteiger partial charge is 0.225 e. The largest absolute Gasteiger partial charge is 0.378 e. The quantitative estimate of drug-likeness (QED) is 0.634.